The molecule has 12 nitrogen and oxygen atoms in total. The molecule has 3 N–H and O–H groups in total. The minimum Gasteiger partial charge on any atom is -0.449 e. The van der Waals surface area contributed by atoms with Crippen LogP contribution >= 0.6 is 34.8 Å². The topological polar surface area (TPSA) is 134 Å². The van der Waals surface area contributed by atoms with E-state index in [1.54, 1.807) is 41.4 Å². The number of carbonyl (C=O) groups is 3. The van der Waals surface area contributed by atoms with Crippen LogP contribution in [-0.4, -0.2) is 99.2 Å². The third-order valence-electron chi connectivity index (χ3n) is 11.8. The van der Waals surface area contributed by atoms with Crippen molar-refractivity contribution in [1.82, 2.24) is 24.7 Å². The number of cyclic esters (lactones) is 1. The Morgan fingerprint density at radius 1 is 1.00 bits per heavy atom. The number of β-amino-alcohol motifs (C(OH)–C–C–N with tert-alkyl or cyclic N) is 1. The molecule has 61 heavy (non-hydrogen) atoms. The van der Waals surface area contributed by atoms with Gasteiger partial charge in [0.05, 0.1) is 35.7 Å². The summed E-state index contributed by atoms with van der Waals surface area (Å²) >= 11 is 19.7. The first-order valence-electron chi connectivity index (χ1n) is 20.3. The molecule has 3 amide bonds. The van der Waals surface area contributed by atoms with Gasteiger partial charge in [-0.3, -0.25) is 9.59 Å². The molecule has 316 valence electrons. The first-order chi connectivity index (χ1) is 29.4. The molecular formula is C46H46Cl3N7O5. The maximum absolute atomic E-state index is 15.1. The second kappa shape index (κ2) is 17.8. The average Bonchev–Trinajstić information content (AvgIpc) is 3.62. The van der Waals surface area contributed by atoms with Gasteiger partial charge in [0.25, 0.3) is 11.8 Å². The number of allylic oxidation sites excluding steroid dienone is 1. The zero-order chi connectivity index (χ0) is 42.9. The van der Waals surface area contributed by atoms with Crippen LogP contribution in [0.5, 0.6) is 0 Å². The van der Waals surface area contributed by atoms with Gasteiger partial charge >= 0.3 is 6.09 Å². The summed E-state index contributed by atoms with van der Waals surface area (Å²) in [5.74, 6) is -0.299. The number of pyridine rings is 1. The summed E-state index contributed by atoms with van der Waals surface area (Å²) in [7, 11) is 0. The Hall–Kier alpha value is -5.53. The van der Waals surface area contributed by atoms with Crippen molar-refractivity contribution in [2.24, 2.45) is 0 Å². The lowest BCUT2D eigenvalue weighted by atomic mass is 9.95. The van der Waals surface area contributed by atoms with Crippen molar-refractivity contribution in [3.63, 3.8) is 0 Å². The fourth-order valence-corrected chi connectivity index (χ4v) is 9.29. The van der Waals surface area contributed by atoms with Gasteiger partial charge in [-0.2, -0.15) is 0 Å². The number of piperidine rings is 1. The third-order valence-corrected chi connectivity index (χ3v) is 12.6. The first-order valence-corrected chi connectivity index (χ1v) is 21.5. The number of anilines is 2. The summed E-state index contributed by atoms with van der Waals surface area (Å²) in [4.78, 5) is 56.9. The number of aliphatic hydroxyl groups excluding tert-OH is 1. The standard InChI is InChI=1S/C46H46Cl3N7O5/c1-4-55(28(3)35-13-11-31(47)22-37(35)49)42(27(2)29-9-6-5-7-10-29)40-36-14-12-32(48)23-38(36)51-41(40)44(58)52-39-21-30(45(59)54-25-34(57)26-54)24-50-43(39)53-18-15-33(16-19-53)56-17-8-20-61-46(56)60/h4-7,9-14,21-24,28,33-34,51,57H,1,8,15-20,25-26H2,2-3H3,(H,52,58)/b42-27+. The number of nitrogens with one attached hydrogen (secondary N) is 2. The zero-order valence-corrected chi connectivity index (χ0v) is 36.1. The molecule has 0 bridgehead atoms. The monoisotopic (exact) mass is 881 g/mol. The number of H-pyrrole nitrogens is 1. The fraction of sp³-hybridized carbons (Fsp3) is 0.304. The second-order valence-electron chi connectivity index (χ2n) is 15.6. The van der Waals surface area contributed by atoms with Crippen molar-refractivity contribution < 1.29 is 24.2 Å². The van der Waals surface area contributed by atoms with Crippen LogP contribution in [0.4, 0.5) is 16.3 Å². The largest absolute Gasteiger partial charge is 0.449 e. The molecule has 8 rings (SSSR count). The van der Waals surface area contributed by atoms with Gasteiger partial charge in [-0.25, -0.2) is 9.78 Å². The molecule has 3 aliphatic rings. The van der Waals surface area contributed by atoms with E-state index < -0.39 is 12.0 Å². The number of carbonyl (C=O) groups excluding carboxylic acids is 3. The summed E-state index contributed by atoms with van der Waals surface area (Å²) in [6.45, 7) is 10.9. The summed E-state index contributed by atoms with van der Waals surface area (Å²) in [5, 5.41) is 15.3. The van der Waals surface area contributed by atoms with Gasteiger partial charge in [-0.15, -0.1) is 0 Å². The molecule has 3 aliphatic heterocycles. The van der Waals surface area contributed by atoms with Crippen LogP contribution < -0.4 is 10.2 Å². The number of hydrogen-bond acceptors (Lipinski definition) is 8. The minimum absolute atomic E-state index is 0.0116. The molecule has 1 atom stereocenters. The Morgan fingerprint density at radius 3 is 2.41 bits per heavy atom. The van der Waals surface area contributed by atoms with E-state index in [1.165, 1.54) is 11.1 Å². The first kappa shape index (κ1) is 42.2. The van der Waals surface area contributed by atoms with Crippen LogP contribution in [0.2, 0.25) is 15.1 Å². The van der Waals surface area contributed by atoms with Gasteiger partial charge in [0.15, 0.2) is 5.82 Å². The second-order valence-corrected chi connectivity index (χ2v) is 16.9. The molecular weight excluding hydrogens is 837 g/mol. The molecule has 0 spiro atoms. The smallest absolute Gasteiger partial charge is 0.410 e. The number of aliphatic hydroxyl groups is 1. The summed E-state index contributed by atoms with van der Waals surface area (Å²) in [6.07, 6.45) is 4.49. The minimum atomic E-state index is -0.585. The quantitative estimate of drug-likeness (QED) is 0.120. The number of amides is 3. The van der Waals surface area contributed by atoms with E-state index in [4.69, 9.17) is 44.5 Å². The Kier molecular flexibility index (Phi) is 12.3. The van der Waals surface area contributed by atoms with Crippen molar-refractivity contribution in [3.8, 4) is 0 Å². The van der Waals surface area contributed by atoms with Crippen molar-refractivity contribution in [2.45, 2.75) is 51.3 Å². The number of likely N-dealkylation sites (tertiary alicyclic amines) is 1. The molecule has 0 radical (unpaired) electrons. The number of rotatable bonds is 11. The number of halogens is 3. The van der Waals surface area contributed by atoms with Crippen LogP contribution in [0, 0.1) is 0 Å². The van der Waals surface area contributed by atoms with Gasteiger partial charge in [-0.05, 0) is 86.3 Å². The van der Waals surface area contributed by atoms with E-state index in [-0.39, 0.29) is 48.4 Å². The predicted molar refractivity (Wildman–Crippen MR) is 241 cm³/mol. The Morgan fingerprint density at radius 2 is 1.72 bits per heavy atom. The third kappa shape index (κ3) is 8.55. The maximum atomic E-state index is 15.1. The number of fused-ring (bicyclic) bond motifs is 1. The van der Waals surface area contributed by atoms with Crippen molar-refractivity contribution in [2.75, 3.05) is 49.5 Å². The highest BCUT2D eigenvalue weighted by molar-refractivity contribution is 6.35. The van der Waals surface area contributed by atoms with Crippen LogP contribution in [0.3, 0.4) is 0 Å². The molecule has 2 aromatic heterocycles. The Labute approximate surface area is 369 Å². The summed E-state index contributed by atoms with van der Waals surface area (Å²) in [6, 6.07) is 22.0. The van der Waals surface area contributed by atoms with E-state index in [2.05, 4.69) is 21.8 Å². The number of ether oxygens (including phenoxy) is 1. The van der Waals surface area contributed by atoms with E-state index >= 15 is 4.79 Å². The number of aromatic nitrogens is 2. The lowest BCUT2D eigenvalue weighted by Crippen LogP contribution is -2.53. The fourth-order valence-electron chi connectivity index (χ4n) is 8.55. The molecule has 3 aromatic carbocycles. The molecule has 3 fully saturated rings. The number of hydrogen-bond donors (Lipinski definition) is 3. The van der Waals surface area contributed by atoms with E-state index in [1.807, 2.05) is 61.2 Å². The normalized spacial score (nSPS) is 17.1. The average molecular weight is 883 g/mol. The maximum Gasteiger partial charge on any atom is 0.410 e. The summed E-state index contributed by atoms with van der Waals surface area (Å²) in [5.41, 5.74) is 5.33. The van der Waals surface area contributed by atoms with E-state index in [9.17, 15) is 14.7 Å². The molecule has 3 saturated heterocycles. The van der Waals surface area contributed by atoms with Crippen molar-refractivity contribution in [1.29, 1.82) is 0 Å². The van der Waals surface area contributed by atoms with E-state index in [0.717, 1.165) is 28.5 Å². The van der Waals surface area contributed by atoms with E-state index in [0.29, 0.717) is 82.4 Å². The predicted octanol–water partition coefficient (Wildman–Crippen LogP) is 9.50. The summed E-state index contributed by atoms with van der Waals surface area (Å²) < 4.78 is 5.33. The molecule has 15 heteroatoms. The lowest BCUT2D eigenvalue weighted by Gasteiger charge is -2.40. The molecule has 0 saturated carbocycles. The van der Waals surface area contributed by atoms with Gasteiger partial charge in [0.1, 0.15) is 5.69 Å². The van der Waals surface area contributed by atoms with Crippen LogP contribution in [0.1, 0.15) is 76.7 Å². The highest BCUT2D eigenvalue weighted by Crippen LogP contribution is 2.43. The van der Waals surface area contributed by atoms with Gasteiger partial charge in [0, 0.05) is 76.5 Å². The zero-order valence-electron chi connectivity index (χ0n) is 33.8. The highest BCUT2D eigenvalue weighted by atomic mass is 35.5. The number of nitrogens with zero attached hydrogens (tertiary/aromatic N) is 5. The Balaban J connectivity index is 1.23. The highest BCUT2D eigenvalue weighted by Gasteiger charge is 2.35. The molecule has 5 heterocycles. The molecule has 0 aliphatic carbocycles. The number of benzene rings is 3. The molecule has 5 aromatic rings. The number of aromatic amines is 1. The van der Waals surface area contributed by atoms with Crippen molar-refractivity contribution >= 4 is 86.4 Å². The van der Waals surface area contributed by atoms with Crippen LogP contribution in [-0.2, 0) is 4.74 Å². The molecule has 1 unspecified atom stereocenters. The Bertz CT molecular complexity index is 2530. The van der Waals surface area contributed by atoms with Gasteiger partial charge in [0.2, 0.25) is 0 Å². The van der Waals surface area contributed by atoms with Crippen LogP contribution in [0.15, 0.2) is 91.8 Å². The lowest BCUT2D eigenvalue weighted by molar-refractivity contribution is 0.00587. The SMILES string of the molecule is C=CN(/C(=C(\C)c1ccccc1)c1c(C(=O)Nc2cc(C(=O)N3CC(O)C3)cnc2N2CCC(N3CCCOC3=O)CC2)[nH]c2cc(Cl)ccc12)C(C)c1ccc(Cl)cc1Cl. The van der Waals surface area contributed by atoms with Gasteiger partial charge in [-0.1, -0.05) is 83.8 Å². The van der Waals surface area contributed by atoms with Gasteiger partial charge < -0.3 is 39.7 Å². The van der Waals surface area contributed by atoms with Crippen LogP contribution in [0.25, 0.3) is 22.2 Å². The van der Waals surface area contributed by atoms with Crippen molar-refractivity contribution in [3.05, 3.63) is 135 Å².